The van der Waals surface area contributed by atoms with Gasteiger partial charge in [0.1, 0.15) is 10.8 Å². The Kier molecular flexibility index (Phi) is 6.07. The number of primary amides is 1. The SMILES string of the molecule is Cc1cc(OCCCC(=O)Nc2sc3c(c2C(N)=O)CCC3)cc(C)c1Cl. The quantitative estimate of drug-likeness (QED) is 0.668. The Balaban J connectivity index is 1.52. The number of aryl methyl sites for hydroxylation is 3. The number of nitrogens with two attached hydrogens (primary N) is 1. The molecule has 0 radical (unpaired) electrons. The molecule has 1 aromatic carbocycles. The fourth-order valence-corrected chi connectivity index (χ4v) is 4.77. The second kappa shape index (κ2) is 8.31. The van der Waals surface area contributed by atoms with Crippen molar-refractivity contribution in [2.75, 3.05) is 11.9 Å². The van der Waals surface area contributed by atoms with Crippen LogP contribution in [0.5, 0.6) is 5.75 Å². The van der Waals surface area contributed by atoms with Crippen LogP contribution in [-0.2, 0) is 17.6 Å². The van der Waals surface area contributed by atoms with Crippen LogP contribution in [0.15, 0.2) is 12.1 Å². The van der Waals surface area contributed by atoms with Crippen molar-refractivity contribution in [1.82, 2.24) is 0 Å². The zero-order chi connectivity index (χ0) is 19.6. The number of hydrogen-bond donors (Lipinski definition) is 2. The van der Waals surface area contributed by atoms with Crippen LogP contribution in [-0.4, -0.2) is 18.4 Å². The van der Waals surface area contributed by atoms with Crippen molar-refractivity contribution < 1.29 is 14.3 Å². The lowest BCUT2D eigenvalue weighted by Gasteiger charge is -2.10. The van der Waals surface area contributed by atoms with Crippen LogP contribution >= 0.6 is 22.9 Å². The molecular weight excluding hydrogens is 384 g/mol. The highest BCUT2D eigenvalue weighted by Gasteiger charge is 2.25. The lowest BCUT2D eigenvalue weighted by atomic mass is 10.1. The van der Waals surface area contributed by atoms with Crippen molar-refractivity contribution in [3.05, 3.63) is 44.3 Å². The molecule has 144 valence electrons. The number of ether oxygens (including phenoxy) is 1. The Morgan fingerprint density at radius 3 is 2.63 bits per heavy atom. The summed E-state index contributed by atoms with van der Waals surface area (Å²) in [6.07, 6.45) is 3.73. The maximum atomic E-state index is 12.2. The van der Waals surface area contributed by atoms with Crippen LogP contribution in [0.1, 0.15) is 51.2 Å². The highest BCUT2D eigenvalue weighted by Crippen LogP contribution is 2.38. The van der Waals surface area contributed by atoms with Crippen molar-refractivity contribution in [2.45, 2.75) is 46.0 Å². The minimum absolute atomic E-state index is 0.135. The topological polar surface area (TPSA) is 81.4 Å². The highest BCUT2D eigenvalue weighted by atomic mass is 35.5. The minimum atomic E-state index is -0.471. The molecule has 0 atom stereocenters. The van der Waals surface area contributed by atoms with Gasteiger partial charge in [-0.1, -0.05) is 11.6 Å². The first-order valence-corrected chi connectivity index (χ1v) is 10.2. The number of carbonyl (C=O) groups is 2. The molecule has 0 bridgehead atoms. The first-order valence-electron chi connectivity index (χ1n) is 9.00. The molecule has 0 saturated heterocycles. The summed E-state index contributed by atoms with van der Waals surface area (Å²) < 4.78 is 5.72. The lowest BCUT2D eigenvalue weighted by molar-refractivity contribution is -0.116. The minimum Gasteiger partial charge on any atom is -0.494 e. The van der Waals surface area contributed by atoms with E-state index in [1.54, 1.807) is 0 Å². The second-order valence-corrected chi connectivity index (χ2v) is 8.28. The molecule has 1 heterocycles. The Morgan fingerprint density at radius 2 is 1.96 bits per heavy atom. The number of fused-ring (bicyclic) bond motifs is 1. The summed E-state index contributed by atoms with van der Waals surface area (Å²) in [5.74, 6) is 0.145. The zero-order valence-corrected chi connectivity index (χ0v) is 17.1. The van der Waals surface area contributed by atoms with Crippen molar-refractivity contribution in [1.29, 1.82) is 0 Å². The van der Waals surface area contributed by atoms with E-state index in [4.69, 9.17) is 22.1 Å². The predicted octanol–water partition coefficient (Wildman–Crippen LogP) is 4.40. The van der Waals surface area contributed by atoms with Crippen LogP contribution in [0.4, 0.5) is 5.00 Å². The Hall–Kier alpha value is -2.05. The van der Waals surface area contributed by atoms with Crippen LogP contribution < -0.4 is 15.8 Å². The van der Waals surface area contributed by atoms with Gasteiger partial charge in [-0.05, 0) is 68.4 Å². The van der Waals surface area contributed by atoms with Gasteiger partial charge in [-0.25, -0.2) is 0 Å². The lowest BCUT2D eigenvalue weighted by Crippen LogP contribution is -2.18. The maximum absolute atomic E-state index is 12.2. The van der Waals surface area contributed by atoms with Crippen molar-refractivity contribution in [3.8, 4) is 5.75 Å². The van der Waals surface area contributed by atoms with Gasteiger partial charge in [0.05, 0.1) is 12.2 Å². The molecule has 5 nitrogen and oxygen atoms in total. The molecule has 2 aromatic rings. The van der Waals surface area contributed by atoms with Crippen LogP contribution in [0, 0.1) is 13.8 Å². The molecule has 0 unspecified atom stereocenters. The molecular formula is C20H23ClN2O3S. The third-order valence-corrected chi connectivity index (χ3v) is 6.45. The van der Waals surface area contributed by atoms with E-state index in [-0.39, 0.29) is 5.91 Å². The standard InChI is InChI=1S/C20H23ClN2O3S/c1-11-9-13(10-12(2)18(11)21)26-8-4-7-16(24)23-20-17(19(22)25)14-5-3-6-15(14)27-20/h9-10H,3-8H2,1-2H3,(H2,22,25)(H,23,24). The molecule has 0 saturated carbocycles. The number of rotatable bonds is 7. The third kappa shape index (κ3) is 4.45. The molecule has 1 aliphatic rings. The smallest absolute Gasteiger partial charge is 0.251 e. The van der Waals surface area contributed by atoms with Crippen molar-refractivity contribution in [3.63, 3.8) is 0 Å². The molecule has 27 heavy (non-hydrogen) atoms. The molecule has 1 aliphatic carbocycles. The number of amides is 2. The van der Waals surface area contributed by atoms with E-state index in [1.165, 1.54) is 11.3 Å². The Morgan fingerprint density at radius 1 is 1.26 bits per heavy atom. The van der Waals surface area contributed by atoms with E-state index in [0.717, 1.165) is 51.6 Å². The second-order valence-electron chi connectivity index (χ2n) is 6.80. The molecule has 0 fully saturated rings. The van der Waals surface area contributed by atoms with Crippen LogP contribution in [0.25, 0.3) is 0 Å². The highest BCUT2D eigenvalue weighted by molar-refractivity contribution is 7.17. The van der Waals surface area contributed by atoms with Gasteiger partial charge in [0.15, 0.2) is 0 Å². The first-order chi connectivity index (χ1) is 12.9. The molecule has 0 aliphatic heterocycles. The Bertz CT molecular complexity index is 869. The molecule has 3 rings (SSSR count). The van der Waals surface area contributed by atoms with Crippen LogP contribution in [0.3, 0.4) is 0 Å². The number of halogens is 1. The number of thiophene rings is 1. The fraction of sp³-hybridized carbons (Fsp3) is 0.400. The summed E-state index contributed by atoms with van der Waals surface area (Å²) in [6, 6.07) is 3.78. The summed E-state index contributed by atoms with van der Waals surface area (Å²) in [7, 11) is 0. The van der Waals surface area contributed by atoms with Crippen molar-refractivity contribution in [2.24, 2.45) is 5.73 Å². The number of hydrogen-bond acceptors (Lipinski definition) is 4. The summed E-state index contributed by atoms with van der Waals surface area (Å²) in [4.78, 5) is 25.2. The summed E-state index contributed by atoms with van der Waals surface area (Å²) in [5.41, 5.74) is 8.95. The van der Waals surface area contributed by atoms with E-state index in [1.807, 2.05) is 26.0 Å². The molecule has 7 heteroatoms. The normalized spacial score (nSPS) is 12.7. The van der Waals surface area contributed by atoms with Crippen molar-refractivity contribution >= 4 is 39.8 Å². The van der Waals surface area contributed by atoms with Gasteiger partial charge in [-0.15, -0.1) is 11.3 Å². The molecule has 2 amide bonds. The summed E-state index contributed by atoms with van der Waals surface area (Å²) >= 11 is 7.62. The van der Waals surface area contributed by atoms with Gasteiger partial charge in [0.2, 0.25) is 5.91 Å². The van der Waals surface area contributed by atoms with E-state index >= 15 is 0 Å². The number of carbonyl (C=O) groups excluding carboxylic acids is 2. The first kappa shape index (κ1) is 19.7. The zero-order valence-electron chi connectivity index (χ0n) is 15.5. The van der Waals surface area contributed by atoms with Gasteiger partial charge in [0, 0.05) is 16.3 Å². The van der Waals surface area contributed by atoms with Gasteiger partial charge in [-0.3, -0.25) is 9.59 Å². The molecule has 3 N–H and O–H groups in total. The fourth-order valence-electron chi connectivity index (χ4n) is 3.35. The summed E-state index contributed by atoms with van der Waals surface area (Å²) in [6.45, 7) is 4.30. The molecule has 1 aromatic heterocycles. The molecule has 0 spiro atoms. The van der Waals surface area contributed by atoms with Gasteiger partial charge in [-0.2, -0.15) is 0 Å². The van der Waals surface area contributed by atoms with Gasteiger partial charge < -0.3 is 15.8 Å². The maximum Gasteiger partial charge on any atom is 0.251 e. The van der Waals surface area contributed by atoms with Crippen LogP contribution in [0.2, 0.25) is 5.02 Å². The number of nitrogens with one attached hydrogen (secondary N) is 1. The monoisotopic (exact) mass is 406 g/mol. The summed E-state index contributed by atoms with van der Waals surface area (Å²) in [5, 5.41) is 4.18. The average molecular weight is 407 g/mol. The largest absolute Gasteiger partial charge is 0.494 e. The van der Waals surface area contributed by atoms with Gasteiger partial charge in [0.25, 0.3) is 5.91 Å². The van der Waals surface area contributed by atoms with Gasteiger partial charge >= 0.3 is 0 Å². The number of benzene rings is 1. The van der Waals surface area contributed by atoms with E-state index in [9.17, 15) is 9.59 Å². The van der Waals surface area contributed by atoms with E-state index in [0.29, 0.717) is 30.0 Å². The van der Waals surface area contributed by atoms with E-state index < -0.39 is 5.91 Å². The third-order valence-electron chi connectivity index (χ3n) is 4.65. The van der Waals surface area contributed by atoms with E-state index in [2.05, 4.69) is 5.32 Å². The number of anilines is 1. The predicted molar refractivity (Wildman–Crippen MR) is 109 cm³/mol. The average Bonchev–Trinajstić information content (AvgIpc) is 3.16. The Labute approximate surface area is 167 Å².